The molecule has 0 unspecified atom stereocenters. The van der Waals surface area contributed by atoms with Crippen molar-refractivity contribution in [3.05, 3.63) is 28.8 Å². The topological polar surface area (TPSA) is 140 Å². The lowest BCUT2D eigenvalue weighted by atomic mass is 10.3. The summed E-state index contributed by atoms with van der Waals surface area (Å²) in [7, 11) is 0. The monoisotopic (exact) mass is 541 g/mol. The summed E-state index contributed by atoms with van der Waals surface area (Å²) >= 11 is 8.16. The van der Waals surface area contributed by atoms with Crippen LogP contribution < -0.4 is 16.0 Å². The number of anilines is 2. The highest BCUT2D eigenvalue weighted by molar-refractivity contribution is 7.99. The minimum atomic E-state index is -0.290. The lowest BCUT2D eigenvalue weighted by molar-refractivity contribution is -0.0299. The number of fused-ring (bicyclic) bond motifs is 2. The third-order valence-electron chi connectivity index (χ3n) is 6.46. The van der Waals surface area contributed by atoms with Gasteiger partial charge in [-0.25, -0.2) is 24.9 Å². The van der Waals surface area contributed by atoms with Gasteiger partial charge in [0.1, 0.15) is 22.8 Å². The Morgan fingerprint density at radius 1 is 1.24 bits per heavy atom. The third-order valence-corrected chi connectivity index (χ3v) is 7.70. The van der Waals surface area contributed by atoms with E-state index >= 15 is 0 Å². The second kappa shape index (κ2) is 10.2. The Morgan fingerprint density at radius 3 is 2.84 bits per heavy atom. The van der Waals surface area contributed by atoms with Crippen molar-refractivity contribution in [2.24, 2.45) is 5.73 Å². The van der Waals surface area contributed by atoms with Crippen molar-refractivity contribution in [1.82, 2.24) is 29.9 Å². The molecule has 2 saturated heterocycles. The van der Waals surface area contributed by atoms with Gasteiger partial charge in [-0.15, -0.1) is 0 Å². The van der Waals surface area contributed by atoms with E-state index in [2.05, 4.69) is 37.1 Å². The van der Waals surface area contributed by atoms with Crippen molar-refractivity contribution >= 4 is 57.1 Å². The van der Waals surface area contributed by atoms with Crippen molar-refractivity contribution in [2.45, 2.75) is 49.1 Å². The van der Waals surface area contributed by atoms with Gasteiger partial charge in [0, 0.05) is 35.9 Å². The van der Waals surface area contributed by atoms with Crippen molar-refractivity contribution in [1.29, 1.82) is 0 Å². The quantitative estimate of drug-likeness (QED) is 0.297. The van der Waals surface area contributed by atoms with Crippen LogP contribution in [0.2, 0.25) is 5.02 Å². The largest absolute Gasteiger partial charge is 0.363 e. The highest BCUT2D eigenvalue weighted by atomic mass is 35.5. The smallest absolute Gasteiger partial charge is 0.196 e. The minimum absolute atomic E-state index is 0.117. The number of halogens is 1. The van der Waals surface area contributed by atoms with E-state index in [1.807, 2.05) is 13.0 Å². The molecule has 4 aromatic heterocycles. The van der Waals surface area contributed by atoms with Crippen LogP contribution in [0.3, 0.4) is 0 Å². The standard InChI is InChI=1S/C24H28ClN9O2S/c1-3-15-19(25)18-21(31-15)32-24(33-23(18)34-5-4-13(26)11-34)37-14-8-16-20(27-9-14)22(30-12(2)29-16)28-10-17-35-6-7-36-17/h8-9,13,17H,3-7,10-11,26H2,1-2H3,(H,28,29,30)(H,31,32,33)/t13-/m1/s1. The van der Waals surface area contributed by atoms with Crippen LogP contribution in [-0.4, -0.2) is 75.1 Å². The average Bonchev–Trinajstić information content (AvgIpc) is 3.62. The number of hydrogen-bond acceptors (Lipinski definition) is 11. The molecule has 11 nitrogen and oxygen atoms in total. The molecule has 0 aromatic carbocycles. The van der Waals surface area contributed by atoms with Crippen molar-refractivity contribution < 1.29 is 9.47 Å². The molecule has 0 bridgehead atoms. The van der Waals surface area contributed by atoms with E-state index in [0.717, 1.165) is 58.9 Å². The lowest BCUT2D eigenvalue weighted by Gasteiger charge is -2.18. The number of pyridine rings is 1. The van der Waals surface area contributed by atoms with Crippen LogP contribution in [0.5, 0.6) is 0 Å². The number of aromatic amines is 1. The summed E-state index contributed by atoms with van der Waals surface area (Å²) in [6.45, 7) is 7.18. The molecule has 6 rings (SSSR count). The molecule has 0 radical (unpaired) electrons. The van der Waals surface area contributed by atoms with E-state index in [4.69, 9.17) is 36.8 Å². The Balaban J connectivity index is 1.33. The van der Waals surface area contributed by atoms with E-state index < -0.39 is 0 Å². The molecule has 13 heteroatoms. The van der Waals surface area contributed by atoms with Crippen LogP contribution in [0.1, 0.15) is 24.9 Å². The van der Waals surface area contributed by atoms with E-state index in [9.17, 15) is 0 Å². The summed E-state index contributed by atoms with van der Waals surface area (Å²) in [5.41, 5.74) is 9.29. The Morgan fingerprint density at radius 2 is 2.08 bits per heavy atom. The Kier molecular flexibility index (Phi) is 6.76. The maximum absolute atomic E-state index is 6.73. The lowest BCUT2D eigenvalue weighted by Crippen LogP contribution is -2.27. The van der Waals surface area contributed by atoms with Crippen LogP contribution >= 0.6 is 23.4 Å². The van der Waals surface area contributed by atoms with Gasteiger partial charge < -0.3 is 30.4 Å². The van der Waals surface area contributed by atoms with Gasteiger partial charge in [0.05, 0.1) is 35.7 Å². The summed E-state index contributed by atoms with van der Waals surface area (Å²) in [5, 5.41) is 5.42. The molecule has 4 aromatic rings. The maximum Gasteiger partial charge on any atom is 0.196 e. The van der Waals surface area contributed by atoms with E-state index in [-0.39, 0.29) is 12.3 Å². The second-order valence-corrected chi connectivity index (χ2v) is 10.6. The highest BCUT2D eigenvalue weighted by Crippen LogP contribution is 2.38. The molecule has 6 heterocycles. The Hall–Kier alpha value is -2.77. The summed E-state index contributed by atoms with van der Waals surface area (Å²) in [5.74, 6) is 2.11. The molecular formula is C24H28ClN9O2S. The first-order valence-electron chi connectivity index (χ1n) is 12.4. The third kappa shape index (κ3) is 4.91. The molecule has 1 atom stereocenters. The van der Waals surface area contributed by atoms with Crippen molar-refractivity contribution in [3.8, 4) is 0 Å². The number of aromatic nitrogens is 6. The number of nitrogens with two attached hydrogens (primary N) is 1. The number of aryl methyl sites for hydroxylation is 2. The number of nitrogens with one attached hydrogen (secondary N) is 2. The summed E-state index contributed by atoms with van der Waals surface area (Å²) in [4.78, 5) is 30.0. The fourth-order valence-corrected chi connectivity index (χ4v) is 5.78. The van der Waals surface area contributed by atoms with Crippen LogP contribution in [0.25, 0.3) is 22.1 Å². The SMILES string of the molecule is CCc1[nH]c2nc(Sc3cnc4c(NCC5OCCO5)nc(C)nc4c3)nc(N3CC[C@@H](N)C3)c2c1Cl. The molecule has 37 heavy (non-hydrogen) atoms. The van der Waals surface area contributed by atoms with Gasteiger partial charge >= 0.3 is 0 Å². The van der Waals surface area contributed by atoms with E-state index in [0.29, 0.717) is 47.1 Å². The molecule has 0 amide bonds. The van der Waals surface area contributed by atoms with Crippen LogP contribution in [-0.2, 0) is 15.9 Å². The van der Waals surface area contributed by atoms with Crippen molar-refractivity contribution in [3.63, 3.8) is 0 Å². The normalized spacial score (nSPS) is 18.5. The summed E-state index contributed by atoms with van der Waals surface area (Å²) < 4.78 is 11.0. The second-order valence-electron chi connectivity index (χ2n) is 9.13. The zero-order chi connectivity index (χ0) is 25.5. The molecule has 2 aliphatic rings. The van der Waals surface area contributed by atoms with Crippen molar-refractivity contribution in [2.75, 3.05) is 43.1 Å². The molecule has 2 fully saturated rings. The van der Waals surface area contributed by atoms with Crippen LogP contribution in [0.15, 0.2) is 22.3 Å². The molecule has 0 aliphatic carbocycles. The fourth-order valence-electron chi connectivity index (χ4n) is 4.67. The summed E-state index contributed by atoms with van der Waals surface area (Å²) in [6, 6.07) is 2.10. The maximum atomic E-state index is 6.73. The molecule has 194 valence electrons. The van der Waals surface area contributed by atoms with Crippen LogP contribution in [0, 0.1) is 6.92 Å². The number of nitrogens with zero attached hydrogens (tertiary/aromatic N) is 6. The van der Waals surface area contributed by atoms with Gasteiger partial charge in [-0.1, -0.05) is 18.5 Å². The highest BCUT2D eigenvalue weighted by Gasteiger charge is 2.26. The first-order valence-corrected chi connectivity index (χ1v) is 13.6. The van der Waals surface area contributed by atoms with Gasteiger partial charge in [0.25, 0.3) is 0 Å². The predicted molar refractivity (Wildman–Crippen MR) is 143 cm³/mol. The first-order chi connectivity index (χ1) is 18.0. The molecule has 0 spiro atoms. The minimum Gasteiger partial charge on any atom is -0.363 e. The van der Waals surface area contributed by atoms with Gasteiger partial charge in [0.2, 0.25) is 0 Å². The van der Waals surface area contributed by atoms with E-state index in [1.54, 1.807) is 6.20 Å². The molecular weight excluding hydrogens is 514 g/mol. The van der Waals surface area contributed by atoms with Gasteiger partial charge in [-0.2, -0.15) is 0 Å². The molecule has 0 saturated carbocycles. The number of H-pyrrole nitrogens is 1. The average molecular weight is 542 g/mol. The van der Waals surface area contributed by atoms with Gasteiger partial charge in [-0.3, -0.25) is 0 Å². The first kappa shape index (κ1) is 24.6. The van der Waals surface area contributed by atoms with E-state index in [1.165, 1.54) is 11.8 Å². The number of ether oxygens (including phenoxy) is 2. The zero-order valence-electron chi connectivity index (χ0n) is 20.6. The number of rotatable bonds is 7. The van der Waals surface area contributed by atoms with Gasteiger partial charge in [-0.05, 0) is 37.6 Å². The number of hydrogen-bond donors (Lipinski definition) is 3. The zero-order valence-corrected chi connectivity index (χ0v) is 22.2. The van der Waals surface area contributed by atoms with Gasteiger partial charge in [0.15, 0.2) is 17.3 Å². The van der Waals surface area contributed by atoms with Crippen LogP contribution in [0.4, 0.5) is 11.6 Å². The molecule has 2 aliphatic heterocycles. The Labute approximate surface area is 222 Å². The summed E-state index contributed by atoms with van der Waals surface area (Å²) in [6.07, 6.45) is 3.19. The fraction of sp³-hybridized carbons (Fsp3) is 0.458. The molecule has 4 N–H and O–H groups in total. The predicted octanol–water partition coefficient (Wildman–Crippen LogP) is 3.29. The Bertz CT molecular complexity index is 1460.